The zero-order valence-electron chi connectivity index (χ0n) is 15.9. The molecule has 2 aromatic carbocycles. The van der Waals surface area contributed by atoms with E-state index in [-0.39, 0.29) is 4.90 Å². The molecule has 1 aliphatic rings. The number of nitrogens with zero attached hydrogens (tertiary/aromatic N) is 1. The molecule has 152 valence electrons. The summed E-state index contributed by atoms with van der Waals surface area (Å²) in [4.78, 5) is 0.257. The van der Waals surface area contributed by atoms with Crippen molar-refractivity contribution in [1.29, 1.82) is 0 Å². The lowest BCUT2D eigenvalue weighted by Gasteiger charge is -2.26. The Morgan fingerprint density at radius 3 is 1.79 bits per heavy atom. The van der Waals surface area contributed by atoms with E-state index >= 15 is 0 Å². The van der Waals surface area contributed by atoms with E-state index in [0.717, 1.165) is 11.5 Å². The predicted molar refractivity (Wildman–Crippen MR) is 105 cm³/mol. The first-order chi connectivity index (χ1) is 13.6. The molecule has 0 aromatic heterocycles. The van der Waals surface area contributed by atoms with Crippen LogP contribution in [0.5, 0.6) is 17.2 Å². The van der Waals surface area contributed by atoms with Gasteiger partial charge in [0.15, 0.2) is 0 Å². The average Bonchev–Trinajstić information content (AvgIpc) is 2.73. The molecule has 7 nitrogen and oxygen atoms in total. The van der Waals surface area contributed by atoms with Crippen molar-refractivity contribution in [1.82, 2.24) is 4.31 Å². The summed E-state index contributed by atoms with van der Waals surface area (Å²) in [7, 11) is -3.48. The number of hydrogen-bond acceptors (Lipinski definition) is 6. The van der Waals surface area contributed by atoms with Gasteiger partial charge in [-0.15, -0.1) is 0 Å². The lowest BCUT2D eigenvalue weighted by Crippen LogP contribution is -2.40. The fourth-order valence-corrected chi connectivity index (χ4v) is 4.17. The molecule has 0 spiro atoms. The standard InChI is InChI=1S/C20H25NO6S/c1-2-25-17-3-5-18(6-4-17)26-15-16-27-19-7-9-20(10-8-19)28(22,23)21-11-13-24-14-12-21/h3-10H,2,11-16H2,1H3. The monoisotopic (exact) mass is 407 g/mol. The Morgan fingerprint density at radius 1 is 0.821 bits per heavy atom. The van der Waals surface area contributed by atoms with E-state index in [9.17, 15) is 8.42 Å². The second-order valence-corrected chi connectivity index (χ2v) is 8.03. The van der Waals surface area contributed by atoms with Crippen LogP contribution < -0.4 is 14.2 Å². The van der Waals surface area contributed by atoms with Gasteiger partial charge in [0.05, 0.1) is 24.7 Å². The highest BCUT2D eigenvalue weighted by Gasteiger charge is 2.26. The van der Waals surface area contributed by atoms with Crippen molar-refractivity contribution in [3.05, 3.63) is 48.5 Å². The van der Waals surface area contributed by atoms with Crippen LogP contribution in [0.25, 0.3) is 0 Å². The summed E-state index contributed by atoms with van der Waals surface area (Å²) < 4.78 is 48.4. The molecule has 2 aromatic rings. The molecule has 0 aliphatic carbocycles. The quantitative estimate of drug-likeness (QED) is 0.595. The van der Waals surface area contributed by atoms with Gasteiger partial charge in [0.1, 0.15) is 30.5 Å². The Balaban J connectivity index is 1.46. The van der Waals surface area contributed by atoms with Gasteiger partial charge >= 0.3 is 0 Å². The molecule has 0 unspecified atom stereocenters. The van der Waals surface area contributed by atoms with Crippen LogP contribution in [-0.4, -0.2) is 58.8 Å². The minimum atomic E-state index is -3.48. The van der Waals surface area contributed by atoms with Crippen LogP contribution in [0.1, 0.15) is 6.92 Å². The molecule has 0 amide bonds. The Hall–Kier alpha value is -2.29. The first-order valence-corrected chi connectivity index (χ1v) is 10.7. The van der Waals surface area contributed by atoms with Crippen molar-refractivity contribution in [2.75, 3.05) is 46.1 Å². The van der Waals surface area contributed by atoms with Crippen LogP contribution in [0, 0.1) is 0 Å². The van der Waals surface area contributed by atoms with Gasteiger partial charge in [0.2, 0.25) is 10.0 Å². The Labute approximate surface area is 165 Å². The van der Waals surface area contributed by atoms with Gasteiger partial charge in [-0.25, -0.2) is 8.42 Å². The maximum atomic E-state index is 12.6. The van der Waals surface area contributed by atoms with Gasteiger partial charge in [0.25, 0.3) is 0 Å². The van der Waals surface area contributed by atoms with E-state index in [1.165, 1.54) is 4.31 Å². The van der Waals surface area contributed by atoms with Gasteiger partial charge in [-0.3, -0.25) is 0 Å². The molecule has 1 heterocycles. The van der Waals surface area contributed by atoms with E-state index in [2.05, 4.69) is 0 Å². The Bertz CT molecular complexity index is 830. The van der Waals surface area contributed by atoms with Gasteiger partial charge < -0.3 is 18.9 Å². The lowest BCUT2D eigenvalue weighted by molar-refractivity contribution is 0.0730. The zero-order valence-corrected chi connectivity index (χ0v) is 16.7. The molecule has 0 radical (unpaired) electrons. The smallest absolute Gasteiger partial charge is 0.243 e. The summed E-state index contributed by atoms with van der Waals surface area (Å²) in [6.45, 7) is 4.90. The molecule has 0 atom stereocenters. The van der Waals surface area contributed by atoms with E-state index in [4.69, 9.17) is 18.9 Å². The highest BCUT2D eigenvalue weighted by molar-refractivity contribution is 7.89. The van der Waals surface area contributed by atoms with Crippen LogP contribution in [0.2, 0.25) is 0 Å². The third-order valence-corrected chi connectivity index (χ3v) is 6.10. The molecule has 1 aliphatic heterocycles. The average molecular weight is 407 g/mol. The van der Waals surface area contributed by atoms with E-state index in [0.29, 0.717) is 51.9 Å². The highest BCUT2D eigenvalue weighted by atomic mass is 32.2. The summed E-state index contributed by atoms with van der Waals surface area (Å²) in [5, 5.41) is 0. The minimum absolute atomic E-state index is 0.257. The summed E-state index contributed by atoms with van der Waals surface area (Å²) in [5.41, 5.74) is 0. The van der Waals surface area contributed by atoms with Crippen LogP contribution in [0.15, 0.2) is 53.4 Å². The first-order valence-electron chi connectivity index (χ1n) is 9.26. The molecule has 28 heavy (non-hydrogen) atoms. The summed E-state index contributed by atoms with van der Waals surface area (Å²) in [6.07, 6.45) is 0. The maximum absolute atomic E-state index is 12.6. The van der Waals surface area contributed by atoms with Crippen molar-refractivity contribution in [2.45, 2.75) is 11.8 Å². The minimum Gasteiger partial charge on any atom is -0.494 e. The maximum Gasteiger partial charge on any atom is 0.243 e. The first kappa shape index (κ1) is 20.4. The van der Waals surface area contributed by atoms with E-state index in [1.54, 1.807) is 24.3 Å². The molecule has 0 saturated carbocycles. The second-order valence-electron chi connectivity index (χ2n) is 6.09. The summed E-state index contributed by atoms with van der Waals surface area (Å²) in [6, 6.07) is 13.8. The SMILES string of the molecule is CCOc1ccc(OCCOc2ccc(S(=O)(=O)N3CCOCC3)cc2)cc1. The fraction of sp³-hybridized carbons (Fsp3) is 0.400. The molecule has 0 N–H and O–H groups in total. The normalized spacial score (nSPS) is 15.2. The molecular weight excluding hydrogens is 382 g/mol. The number of morpholine rings is 1. The largest absolute Gasteiger partial charge is 0.494 e. The van der Waals surface area contributed by atoms with Crippen LogP contribution in [-0.2, 0) is 14.8 Å². The van der Waals surface area contributed by atoms with Crippen molar-refractivity contribution in [3.63, 3.8) is 0 Å². The lowest BCUT2D eigenvalue weighted by atomic mass is 10.3. The number of hydrogen-bond donors (Lipinski definition) is 0. The highest BCUT2D eigenvalue weighted by Crippen LogP contribution is 2.21. The van der Waals surface area contributed by atoms with E-state index < -0.39 is 10.0 Å². The zero-order chi connectivity index (χ0) is 19.8. The summed E-state index contributed by atoms with van der Waals surface area (Å²) in [5.74, 6) is 2.13. The third kappa shape index (κ3) is 5.37. The fourth-order valence-electron chi connectivity index (χ4n) is 2.76. The van der Waals surface area contributed by atoms with Crippen molar-refractivity contribution < 1.29 is 27.4 Å². The van der Waals surface area contributed by atoms with Crippen molar-refractivity contribution in [2.24, 2.45) is 0 Å². The molecule has 0 bridgehead atoms. The van der Waals surface area contributed by atoms with Gasteiger partial charge in [-0.1, -0.05) is 0 Å². The second kappa shape index (κ2) is 9.77. The number of rotatable bonds is 9. The molecule has 3 rings (SSSR count). The van der Waals surface area contributed by atoms with Gasteiger partial charge in [-0.05, 0) is 55.5 Å². The number of sulfonamides is 1. The van der Waals surface area contributed by atoms with Crippen molar-refractivity contribution >= 4 is 10.0 Å². The third-order valence-electron chi connectivity index (χ3n) is 4.19. The topological polar surface area (TPSA) is 74.3 Å². The molecule has 1 saturated heterocycles. The number of benzene rings is 2. The van der Waals surface area contributed by atoms with Crippen molar-refractivity contribution in [3.8, 4) is 17.2 Å². The summed E-state index contributed by atoms with van der Waals surface area (Å²) >= 11 is 0. The molecular formula is C20H25NO6S. The number of ether oxygens (including phenoxy) is 4. The van der Waals surface area contributed by atoms with Crippen LogP contribution in [0.4, 0.5) is 0 Å². The molecule has 8 heteroatoms. The van der Waals surface area contributed by atoms with Gasteiger partial charge in [-0.2, -0.15) is 4.31 Å². The van der Waals surface area contributed by atoms with Crippen LogP contribution in [0.3, 0.4) is 0 Å². The Kier molecular flexibility index (Phi) is 7.13. The predicted octanol–water partition coefficient (Wildman–Crippen LogP) is 2.56. The Morgan fingerprint density at radius 2 is 1.29 bits per heavy atom. The molecule has 1 fully saturated rings. The van der Waals surface area contributed by atoms with Gasteiger partial charge in [0, 0.05) is 13.1 Å². The van der Waals surface area contributed by atoms with E-state index in [1.807, 2.05) is 31.2 Å². The van der Waals surface area contributed by atoms with Crippen LogP contribution >= 0.6 is 0 Å².